The van der Waals surface area contributed by atoms with Gasteiger partial charge in [0.1, 0.15) is 5.82 Å². The molecule has 4 N–H and O–H groups in total. The zero-order valence-corrected chi connectivity index (χ0v) is 11.0. The zero-order valence-electron chi connectivity index (χ0n) is 9.45. The maximum absolute atomic E-state index is 5.63. The maximum atomic E-state index is 5.63. The van der Waals surface area contributed by atoms with Gasteiger partial charge in [-0.25, -0.2) is 10.8 Å². The van der Waals surface area contributed by atoms with Crippen molar-refractivity contribution in [1.82, 2.24) is 9.97 Å². The van der Waals surface area contributed by atoms with Gasteiger partial charge in [-0.2, -0.15) is 4.98 Å². The summed E-state index contributed by atoms with van der Waals surface area (Å²) < 4.78 is 6.45. The number of nitrogens with zero attached hydrogens (tertiary/aromatic N) is 2. The van der Waals surface area contributed by atoms with Crippen molar-refractivity contribution < 1.29 is 4.74 Å². The van der Waals surface area contributed by atoms with E-state index in [1.54, 1.807) is 6.20 Å². The molecule has 0 spiro atoms. The van der Waals surface area contributed by atoms with Crippen molar-refractivity contribution in [2.45, 2.75) is 25.4 Å². The molecule has 0 aliphatic carbocycles. The summed E-state index contributed by atoms with van der Waals surface area (Å²) in [6.07, 6.45) is 5.41. The maximum Gasteiger partial charge on any atom is 0.239 e. The quantitative estimate of drug-likeness (QED) is 0.577. The Morgan fingerprint density at radius 2 is 2.41 bits per heavy atom. The van der Waals surface area contributed by atoms with Crippen LogP contribution in [0.15, 0.2) is 10.7 Å². The van der Waals surface area contributed by atoms with E-state index < -0.39 is 0 Å². The Hall–Kier alpha value is -0.920. The van der Waals surface area contributed by atoms with Gasteiger partial charge in [-0.15, -0.1) is 0 Å². The van der Waals surface area contributed by atoms with E-state index in [2.05, 4.69) is 36.6 Å². The van der Waals surface area contributed by atoms with Gasteiger partial charge in [0.2, 0.25) is 5.95 Å². The summed E-state index contributed by atoms with van der Waals surface area (Å²) in [4.78, 5) is 8.20. The number of hydrogen-bond acceptors (Lipinski definition) is 6. The zero-order chi connectivity index (χ0) is 12.1. The van der Waals surface area contributed by atoms with E-state index in [0.717, 1.165) is 36.3 Å². The van der Waals surface area contributed by atoms with Gasteiger partial charge in [0.25, 0.3) is 0 Å². The Bertz CT molecular complexity index is 370. The van der Waals surface area contributed by atoms with Crippen LogP contribution in [0.5, 0.6) is 0 Å². The van der Waals surface area contributed by atoms with Crippen LogP contribution in [0.2, 0.25) is 0 Å². The number of ether oxygens (including phenoxy) is 1. The summed E-state index contributed by atoms with van der Waals surface area (Å²) in [5.74, 6) is 6.38. The van der Waals surface area contributed by atoms with Crippen molar-refractivity contribution >= 4 is 27.7 Å². The van der Waals surface area contributed by atoms with Crippen LogP contribution in [0.4, 0.5) is 11.8 Å². The number of nitrogens with two attached hydrogens (primary N) is 1. The lowest BCUT2D eigenvalue weighted by Gasteiger charge is -2.23. The first kappa shape index (κ1) is 12.5. The normalized spacial score (nSPS) is 20.0. The molecule has 1 aromatic heterocycles. The minimum Gasteiger partial charge on any atom is -0.376 e. The summed E-state index contributed by atoms with van der Waals surface area (Å²) in [5, 5.41) is 3.24. The van der Waals surface area contributed by atoms with Crippen molar-refractivity contribution in [2.24, 2.45) is 5.84 Å². The number of aromatic nitrogens is 2. The van der Waals surface area contributed by atoms with Gasteiger partial charge >= 0.3 is 0 Å². The molecule has 1 fully saturated rings. The van der Waals surface area contributed by atoms with Gasteiger partial charge in [-0.3, -0.25) is 5.43 Å². The van der Waals surface area contributed by atoms with Crippen molar-refractivity contribution in [2.75, 3.05) is 23.9 Å². The molecule has 6 nitrogen and oxygen atoms in total. The highest BCUT2D eigenvalue weighted by Gasteiger charge is 2.14. The summed E-state index contributed by atoms with van der Waals surface area (Å²) in [5.41, 5.74) is 2.42. The molecule has 0 amide bonds. The van der Waals surface area contributed by atoms with Gasteiger partial charge in [-0.1, -0.05) is 0 Å². The van der Waals surface area contributed by atoms with Crippen molar-refractivity contribution in [1.29, 1.82) is 0 Å². The minimum absolute atomic E-state index is 0.264. The van der Waals surface area contributed by atoms with Crippen LogP contribution in [0.3, 0.4) is 0 Å². The monoisotopic (exact) mass is 301 g/mol. The third-order valence-electron chi connectivity index (χ3n) is 2.64. The Balaban J connectivity index is 1.92. The van der Waals surface area contributed by atoms with Crippen LogP contribution in [0.25, 0.3) is 0 Å². The van der Waals surface area contributed by atoms with Crippen LogP contribution in [0, 0.1) is 0 Å². The Labute approximate surface area is 108 Å². The molecule has 94 valence electrons. The molecule has 0 radical (unpaired) electrons. The molecule has 1 aromatic rings. The second-order valence-corrected chi connectivity index (χ2v) is 4.76. The van der Waals surface area contributed by atoms with E-state index in [9.17, 15) is 0 Å². The van der Waals surface area contributed by atoms with Gasteiger partial charge in [0.05, 0.1) is 10.6 Å². The van der Waals surface area contributed by atoms with E-state index in [0.29, 0.717) is 5.95 Å². The number of rotatable bonds is 4. The van der Waals surface area contributed by atoms with E-state index in [1.807, 2.05) is 0 Å². The summed E-state index contributed by atoms with van der Waals surface area (Å²) >= 11 is 3.39. The predicted molar refractivity (Wildman–Crippen MR) is 69.6 cm³/mol. The minimum atomic E-state index is 0.264. The lowest BCUT2D eigenvalue weighted by atomic mass is 10.1. The van der Waals surface area contributed by atoms with Crippen molar-refractivity contribution in [3.63, 3.8) is 0 Å². The van der Waals surface area contributed by atoms with Crippen LogP contribution in [-0.4, -0.2) is 29.2 Å². The highest BCUT2D eigenvalue weighted by molar-refractivity contribution is 9.10. The number of hydrazine groups is 1. The third-order valence-corrected chi connectivity index (χ3v) is 3.22. The summed E-state index contributed by atoms with van der Waals surface area (Å²) in [6, 6.07) is 0. The van der Waals surface area contributed by atoms with Crippen molar-refractivity contribution in [3.8, 4) is 0 Å². The molecule has 0 saturated carbocycles. The lowest BCUT2D eigenvalue weighted by Crippen LogP contribution is -2.27. The Morgan fingerprint density at radius 3 is 3.12 bits per heavy atom. The van der Waals surface area contributed by atoms with Gasteiger partial charge < -0.3 is 10.1 Å². The molecular weight excluding hydrogens is 286 g/mol. The van der Waals surface area contributed by atoms with Gasteiger partial charge in [-0.05, 0) is 35.2 Å². The summed E-state index contributed by atoms with van der Waals surface area (Å²) in [7, 11) is 0. The molecule has 1 aliphatic heterocycles. The molecule has 2 rings (SSSR count). The molecule has 0 bridgehead atoms. The van der Waals surface area contributed by atoms with E-state index in [-0.39, 0.29) is 6.10 Å². The number of nitrogen functional groups attached to an aromatic ring is 1. The number of hydrogen-bond donors (Lipinski definition) is 3. The van der Waals surface area contributed by atoms with Crippen molar-refractivity contribution in [3.05, 3.63) is 10.7 Å². The number of halogens is 1. The SMILES string of the molecule is NNc1ncc(Br)c(NCC2CCCCO2)n1. The molecule has 1 saturated heterocycles. The molecule has 1 unspecified atom stereocenters. The average Bonchev–Trinajstić information content (AvgIpc) is 2.39. The first-order valence-electron chi connectivity index (χ1n) is 5.64. The average molecular weight is 302 g/mol. The second kappa shape index (κ2) is 6.13. The highest BCUT2D eigenvalue weighted by atomic mass is 79.9. The van der Waals surface area contributed by atoms with Crippen LogP contribution >= 0.6 is 15.9 Å². The van der Waals surface area contributed by atoms with Gasteiger partial charge in [0, 0.05) is 19.3 Å². The number of anilines is 2. The first-order chi connectivity index (χ1) is 8.29. The third kappa shape index (κ3) is 3.52. The molecule has 7 heteroatoms. The molecule has 17 heavy (non-hydrogen) atoms. The highest BCUT2D eigenvalue weighted by Crippen LogP contribution is 2.21. The lowest BCUT2D eigenvalue weighted by molar-refractivity contribution is 0.0247. The van der Waals surface area contributed by atoms with E-state index in [4.69, 9.17) is 10.6 Å². The van der Waals surface area contributed by atoms with E-state index >= 15 is 0 Å². The molecular formula is C10H16BrN5O. The van der Waals surface area contributed by atoms with Gasteiger partial charge in [0.15, 0.2) is 0 Å². The Morgan fingerprint density at radius 1 is 1.53 bits per heavy atom. The predicted octanol–water partition coefficient (Wildman–Crippen LogP) is 1.51. The molecule has 1 aliphatic rings. The fourth-order valence-corrected chi connectivity index (χ4v) is 2.07. The molecule has 1 atom stereocenters. The molecule has 0 aromatic carbocycles. The standard InChI is InChI=1S/C10H16BrN5O/c11-8-6-14-10(16-12)15-9(8)13-5-7-3-1-2-4-17-7/h6-7H,1-5,12H2,(H2,13,14,15,16). The largest absolute Gasteiger partial charge is 0.376 e. The van der Waals surface area contributed by atoms with Crippen LogP contribution < -0.4 is 16.6 Å². The fraction of sp³-hybridized carbons (Fsp3) is 0.600. The van der Waals surface area contributed by atoms with Crippen LogP contribution in [-0.2, 0) is 4.74 Å². The van der Waals surface area contributed by atoms with Crippen LogP contribution in [0.1, 0.15) is 19.3 Å². The second-order valence-electron chi connectivity index (χ2n) is 3.90. The molecule has 2 heterocycles. The fourth-order valence-electron chi connectivity index (χ4n) is 1.74. The number of nitrogens with one attached hydrogen (secondary N) is 2. The Kier molecular flexibility index (Phi) is 4.52. The smallest absolute Gasteiger partial charge is 0.239 e. The summed E-state index contributed by atoms with van der Waals surface area (Å²) in [6.45, 7) is 1.60. The topological polar surface area (TPSA) is 85.1 Å². The first-order valence-corrected chi connectivity index (χ1v) is 6.43. The van der Waals surface area contributed by atoms with E-state index in [1.165, 1.54) is 6.42 Å².